The van der Waals surface area contributed by atoms with Gasteiger partial charge in [0.15, 0.2) is 0 Å². The maximum absolute atomic E-state index is 13.1. The summed E-state index contributed by atoms with van der Waals surface area (Å²) in [5, 5.41) is 9.80. The standard InChI is InChI=1S/C33H48N2O3/c1-5-8-10-24(7-3)23-37-30-20-21-31(32(35-4)29(30)22-34)38-33(36)28-18-16-27(17-19-28)26-14-12-25(13-15-26)11-9-6-2/h20-21,24-28H,5-19,23H2,1-3H3. The van der Waals surface area contributed by atoms with Gasteiger partial charge in [0.2, 0.25) is 5.69 Å². The average molecular weight is 521 g/mol. The summed E-state index contributed by atoms with van der Waals surface area (Å²) < 4.78 is 11.7. The molecule has 5 nitrogen and oxygen atoms in total. The van der Waals surface area contributed by atoms with Crippen molar-refractivity contribution in [2.24, 2.45) is 29.6 Å². The van der Waals surface area contributed by atoms with E-state index in [1.807, 2.05) is 0 Å². The molecule has 0 saturated heterocycles. The fourth-order valence-corrected chi connectivity index (χ4v) is 6.54. The van der Waals surface area contributed by atoms with E-state index in [1.54, 1.807) is 12.1 Å². The van der Waals surface area contributed by atoms with Gasteiger partial charge in [-0.05, 0) is 80.8 Å². The molecule has 2 saturated carbocycles. The second-order valence-corrected chi connectivity index (χ2v) is 11.7. The van der Waals surface area contributed by atoms with Crippen LogP contribution in [0.25, 0.3) is 4.85 Å². The van der Waals surface area contributed by atoms with E-state index in [9.17, 15) is 10.1 Å². The van der Waals surface area contributed by atoms with Gasteiger partial charge < -0.3 is 9.47 Å². The van der Waals surface area contributed by atoms with E-state index in [0.717, 1.165) is 69.1 Å². The molecule has 0 radical (unpaired) electrons. The third-order valence-electron chi connectivity index (χ3n) is 9.18. The van der Waals surface area contributed by atoms with Gasteiger partial charge in [0.25, 0.3) is 0 Å². The molecule has 2 fully saturated rings. The Morgan fingerprint density at radius 1 is 1.00 bits per heavy atom. The van der Waals surface area contributed by atoms with Crippen LogP contribution in [0.4, 0.5) is 5.69 Å². The lowest BCUT2D eigenvalue weighted by Gasteiger charge is -2.37. The van der Waals surface area contributed by atoms with Crippen LogP contribution in [0.1, 0.15) is 123 Å². The van der Waals surface area contributed by atoms with Gasteiger partial charge in [0, 0.05) is 0 Å². The topological polar surface area (TPSA) is 63.7 Å². The molecule has 208 valence electrons. The lowest BCUT2D eigenvalue weighted by Crippen LogP contribution is -2.30. The molecule has 3 rings (SSSR count). The van der Waals surface area contributed by atoms with Crippen molar-refractivity contribution in [2.45, 2.75) is 117 Å². The van der Waals surface area contributed by atoms with E-state index in [0.29, 0.717) is 18.3 Å². The first-order chi connectivity index (χ1) is 18.5. The molecule has 2 aliphatic rings. The minimum absolute atomic E-state index is 0.0773. The Hall–Kier alpha value is -2.53. The molecule has 0 aliphatic heterocycles. The molecule has 38 heavy (non-hydrogen) atoms. The largest absolute Gasteiger partial charge is 0.493 e. The highest BCUT2D eigenvalue weighted by Gasteiger charge is 2.34. The number of ether oxygens (including phenoxy) is 2. The van der Waals surface area contributed by atoms with Gasteiger partial charge in [-0.1, -0.05) is 72.1 Å². The number of esters is 1. The molecule has 1 atom stereocenters. The van der Waals surface area contributed by atoms with Crippen molar-refractivity contribution in [3.63, 3.8) is 0 Å². The number of rotatable bonds is 13. The smallest absolute Gasteiger partial charge is 0.313 e. The Kier molecular flexibility index (Phi) is 12.5. The lowest BCUT2D eigenvalue weighted by molar-refractivity contribution is -0.140. The van der Waals surface area contributed by atoms with Crippen LogP contribution in [0.5, 0.6) is 11.5 Å². The molecule has 0 aromatic heterocycles. The predicted octanol–water partition coefficient (Wildman–Crippen LogP) is 9.41. The number of nitrogens with zero attached hydrogens (tertiary/aromatic N) is 2. The number of hydrogen-bond acceptors (Lipinski definition) is 4. The third-order valence-corrected chi connectivity index (χ3v) is 9.18. The number of nitriles is 1. The lowest BCUT2D eigenvalue weighted by atomic mass is 9.68. The van der Waals surface area contributed by atoms with Gasteiger partial charge in [-0.3, -0.25) is 4.79 Å². The highest BCUT2D eigenvalue weighted by Crippen LogP contribution is 2.43. The van der Waals surface area contributed by atoms with Gasteiger partial charge in [0.05, 0.1) is 25.2 Å². The molecule has 0 spiro atoms. The van der Waals surface area contributed by atoms with Crippen molar-refractivity contribution in [1.29, 1.82) is 5.26 Å². The van der Waals surface area contributed by atoms with E-state index in [2.05, 4.69) is 31.7 Å². The zero-order chi connectivity index (χ0) is 27.3. The number of benzene rings is 1. The van der Waals surface area contributed by atoms with Crippen LogP contribution in [0, 0.1) is 47.5 Å². The number of carbonyl (C=O) groups is 1. The van der Waals surface area contributed by atoms with E-state index in [4.69, 9.17) is 16.0 Å². The molecular weight excluding hydrogens is 472 g/mol. The monoisotopic (exact) mass is 520 g/mol. The fourth-order valence-electron chi connectivity index (χ4n) is 6.54. The van der Waals surface area contributed by atoms with Crippen molar-refractivity contribution < 1.29 is 14.3 Å². The van der Waals surface area contributed by atoms with Crippen LogP contribution < -0.4 is 9.47 Å². The first-order valence-electron chi connectivity index (χ1n) is 15.3. The Labute approximate surface area is 231 Å². The van der Waals surface area contributed by atoms with Gasteiger partial charge in [-0.25, -0.2) is 4.85 Å². The van der Waals surface area contributed by atoms with Crippen LogP contribution in [-0.4, -0.2) is 12.6 Å². The average Bonchev–Trinajstić information content (AvgIpc) is 2.96. The minimum Gasteiger partial charge on any atom is -0.493 e. The number of unbranched alkanes of at least 4 members (excludes halogenated alkanes) is 2. The molecule has 5 heteroatoms. The van der Waals surface area contributed by atoms with Crippen molar-refractivity contribution >= 4 is 11.7 Å². The Morgan fingerprint density at radius 2 is 1.63 bits per heavy atom. The van der Waals surface area contributed by atoms with Crippen molar-refractivity contribution in [2.75, 3.05) is 6.61 Å². The summed E-state index contributed by atoms with van der Waals surface area (Å²) in [6, 6.07) is 5.42. The first kappa shape index (κ1) is 30.0. The highest BCUT2D eigenvalue weighted by molar-refractivity contribution is 5.80. The highest BCUT2D eigenvalue weighted by atomic mass is 16.5. The van der Waals surface area contributed by atoms with Gasteiger partial charge in [-0.2, -0.15) is 5.26 Å². The Balaban J connectivity index is 1.54. The predicted molar refractivity (Wildman–Crippen MR) is 152 cm³/mol. The Bertz CT molecular complexity index is 960. The number of carbonyl (C=O) groups excluding carboxylic acids is 1. The molecule has 0 bridgehead atoms. The summed E-state index contributed by atoms with van der Waals surface area (Å²) in [6.07, 6.45) is 17.8. The van der Waals surface area contributed by atoms with E-state index in [1.165, 1.54) is 44.9 Å². The van der Waals surface area contributed by atoms with Crippen molar-refractivity contribution in [1.82, 2.24) is 0 Å². The molecule has 1 aromatic rings. The van der Waals surface area contributed by atoms with Crippen LogP contribution in [0.3, 0.4) is 0 Å². The van der Waals surface area contributed by atoms with E-state index in [-0.39, 0.29) is 28.9 Å². The molecular formula is C33H48N2O3. The Morgan fingerprint density at radius 3 is 2.21 bits per heavy atom. The van der Waals surface area contributed by atoms with Gasteiger partial charge >= 0.3 is 5.97 Å². The van der Waals surface area contributed by atoms with Crippen molar-refractivity contribution in [3.05, 3.63) is 29.1 Å². The summed E-state index contributed by atoms with van der Waals surface area (Å²) in [5.74, 6) is 3.09. The van der Waals surface area contributed by atoms with E-state index >= 15 is 0 Å². The zero-order valence-electron chi connectivity index (χ0n) is 24.0. The maximum atomic E-state index is 13.1. The second kappa shape index (κ2) is 15.8. The molecule has 1 unspecified atom stereocenters. The van der Waals surface area contributed by atoms with Crippen LogP contribution in [-0.2, 0) is 4.79 Å². The summed E-state index contributed by atoms with van der Waals surface area (Å²) >= 11 is 0. The summed E-state index contributed by atoms with van der Waals surface area (Å²) in [4.78, 5) is 16.6. The van der Waals surface area contributed by atoms with Gasteiger partial charge in [0.1, 0.15) is 17.1 Å². The molecule has 2 aliphatic carbocycles. The summed E-state index contributed by atoms with van der Waals surface area (Å²) in [7, 11) is 0. The maximum Gasteiger partial charge on any atom is 0.313 e. The summed E-state index contributed by atoms with van der Waals surface area (Å²) in [5.41, 5.74) is 0.238. The van der Waals surface area contributed by atoms with Crippen LogP contribution in [0.2, 0.25) is 0 Å². The summed E-state index contributed by atoms with van der Waals surface area (Å²) in [6.45, 7) is 14.8. The fraction of sp³-hybridized carbons (Fsp3) is 0.727. The van der Waals surface area contributed by atoms with E-state index < -0.39 is 0 Å². The molecule has 0 heterocycles. The van der Waals surface area contributed by atoms with Crippen molar-refractivity contribution in [3.8, 4) is 17.6 Å². The third kappa shape index (κ3) is 8.23. The van der Waals surface area contributed by atoms with Gasteiger partial charge in [-0.15, -0.1) is 0 Å². The zero-order valence-corrected chi connectivity index (χ0v) is 24.0. The van der Waals surface area contributed by atoms with Crippen LogP contribution in [0.15, 0.2) is 12.1 Å². The number of hydrogen-bond donors (Lipinski definition) is 0. The molecule has 0 amide bonds. The first-order valence-corrected chi connectivity index (χ1v) is 15.3. The minimum atomic E-state index is -0.264. The molecule has 1 aromatic carbocycles. The molecule has 0 N–H and O–H groups in total. The normalized spacial score (nSPS) is 24.1. The SMILES string of the molecule is [C-]#[N+]c1c(OC(=O)C2CCC(C3CCC(CCCC)CC3)CC2)ccc(OCC(CC)CCCC)c1C#N. The second-order valence-electron chi connectivity index (χ2n) is 11.7. The van der Waals surface area contributed by atoms with Crippen LogP contribution >= 0.6 is 0 Å². The quantitative estimate of drug-likeness (QED) is 0.148.